The van der Waals surface area contributed by atoms with E-state index in [1.807, 2.05) is 30.3 Å². The molecule has 0 saturated carbocycles. The number of aromatic nitrogens is 3. The summed E-state index contributed by atoms with van der Waals surface area (Å²) >= 11 is 0. The summed E-state index contributed by atoms with van der Waals surface area (Å²) in [5, 5.41) is 27.7. The van der Waals surface area contributed by atoms with Gasteiger partial charge >= 0.3 is 5.97 Å². The smallest absolute Gasteiger partial charge is 0.303 e. The molecule has 0 aliphatic rings. The molecule has 7 heteroatoms. The number of aliphatic carboxylic acids is 1. The van der Waals surface area contributed by atoms with Gasteiger partial charge in [0.05, 0.1) is 6.61 Å². The molecule has 0 aliphatic carbocycles. The van der Waals surface area contributed by atoms with Crippen molar-refractivity contribution in [1.82, 2.24) is 15.4 Å². The van der Waals surface area contributed by atoms with Crippen molar-refractivity contribution in [3.05, 3.63) is 30.0 Å². The number of carboxylic acids is 1. The fourth-order valence-corrected chi connectivity index (χ4v) is 2.67. The van der Waals surface area contributed by atoms with Gasteiger partial charge in [0.1, 0.15) is 17.5 Å². The van der Waals surface area contributed by atoms with E-state index in [2.05, 4.69) is 15.4 Å². The number of hydrogen-bond acceptors (Lipinski definition) is 5. The van der Waals surface area contributed by atoms with Gasteiger partial charge in [-0.15, -0.1) is 5.10 Å². The minimum absolute atomic E-state index is 0.279. The quantitative estimate of drug-likeness (QED) is 0.557. The Morgan fingerprint density at radius 2 is 1.73 bits per heavy atom. The first-order valence-electron chi connectivity index (χ1n) is 8.97. The average molecular weight is 356 g/mol. The van der Waals surface area contributed by atoms with E-state index in [9.17, 15) is 4.79 Å². The Hall–Kier alpha value is -2.88. The van der Waals surface area contributed by atoms with Crippen molar-refractivity contribution in [2.24, 2.45) is 0 Å². The lowest BCUT2D eigenvalue weighted by Crippen LogP contribution is -1.97. The van der Waals surface area contributed by atoms with Gasteiger partial charge < -0.3 is 9.84 Å². The van der Waals surface area contributed by atoms with E-state index in [1.54, 1.807) is 0 Å². The van der Waals surface area contributed by atoms with Gasteiger partial charge in [0.25, 0.3) is 0 Å². The summed E-state index contributed by atoms with van der Waals surface area (Å²) in [5.41, 5.74) is 1.72. The third-order valence-electron chi connectivity index (χ3n) is 4.09. The molecule has 0 aliphatic heterocycles. The molecule has 26 heavy (non-hydrogen) atoms. The van der Waals surface area contributed by atoms with Crippen molar-refractivity contribution in [2.75, 3.05) is 6.61 Å². The van der Waals surface area contributed by atoms with Crippen molar-refractivity contribution < 1.29 is 14.6 Å². The number of unbranched alkanes of at least 4 members (excludes halogenated alkanes) is 6. The SMILES string of the molecule is N#Cc1[nH]nnc1-c1ccc(OCCCCCCCCCC(=O)O)cc1. The summed E-state index contributed by atoms with van der Waals surface area (Å²) in [6.45, 7) is 0.672. The summed E-state index contributed by atoms with van der Waals surface area (Å²) in [6.07, 6.45) is 7.56. The van der Waals surface area contributed by atoms with Crippen LogP contribution in [-0.4, -0.2) is 33.1 Å². The van der Waals surface area contributed by atoms with Gasteiger partial charge in [-0.05, 0) is 37.1 Å². The molecule has 2 rings (SSSR count). The average Bonchev–Trinajstić information content (AvgIpc) is 3.12. The first-order valence-corrected chi connectivity index (χ1v) is 8.97. The fourth-order valence-electron chi connectivity index (χ4n) is 2.67. The number of aromatic amines is 1. The highest BCUT2D eigenvalue weighted by atomic mass is 16.5. The number of benzene rings is 1. The van der Waals surface area contributed by atoms with E-state index in [4.69, 9.17) is 15.1 Å². The van der Waals surface area contributed by atoms with Crippen LogP contribution in [0.4, 0.5) is 0 Å². The zero-order valence-corrected chi connectivity index (χ0v) is 14.8. The second-order valence-electron chi connectivity index (χ2n) is 6.14. The van der Waals surface area contributed by atoms with Crippen molar-refractivity contribution in [2.45, 2.75) is 51.4 Å². The lowest BCUT2D eigenvalue weighted by atomic mass is 10.1. The molecule has 2 N–H and O–H groups in total. The van der Waals surface area contributed by atoms with Crippen LogP contribution in [-0.2, 0) is 4.79 Å². The van der Waals surface area contributed by atoms with Crippen LogP contribution < -0.4 is 4.74 Å². The molecule has 0 radical (unpaired) electrons. The highest BCUT2D eigenvalue weighted by molar-refractivity contribution is 5.66. The minimum atomic E-state index is -0.707. The number of ether oxygens (including phenoxy) is 1. The first-order chi connectivity index (χ1) is 12.7. The van der Waals surface area contributed by atoms with Gasteiger partial charge in [-0.25, -0.2) is 5.10 Å². The molecule has 0 unspecified atom stereocenters. The number of rotatable bonds is 12. The number of nitrogens with one attached hydrogen (secondary N) is 1. The summed E-state index contributed by atoms with van der Waals surface area (Å²) in [7, 11) is 0. The number of hydrogen-bond donors (Lipinski definition) is 2. The van der Waals surface area contributed by atoms with Gasteiger partial charge in [0.2, 0.25) is 0 Å². The van der Waals surface area contributed by atoms with E-state index in [-0.39, 0.29) is 6.42 Å². The number of nitriles is 1. The van der Waals surface area contributed by atoms with Crippen molar-refractivity contribution in [1.29, 1.82) is 5.26 Å². The molecule has 1 aromatic heterocycles. The largest absolute Gasteiger partial charge is 0.494 e. The van der Waals surface area contributed by atoms with E-state index in [0.717, 1.165) is 56.3 Å². The highest BCUT2D eigenvalue weighted by Gasteiger charge is 2.08. The van der Waals surface area contributed by atoms with Crippen LogP contribution in [0.1, 0.15) is 57.1 Å². The Balaban J connectivity index is 1.58. The molecule has 1 heterocycles. The lowest BCUT2D eigenvalue weighted by Gasteiger charge is -2.07. The zero-order chi connectivity index (χ0) is 18.6. The van der Waals surface area contributed by atoms with Crippen molar-refractivity contribution >= 4 is 5.97 Å². The number of carboxylic acid groups (broad SMARTS) is 1. The number of nitrogens with zero attached hydrogens (tertiary/aromatic N) is 3. The number of carbonyl (C=O) groups is 1. The summed E-state index contributed by atoms with van der Waals surface area (Å²) < 4.78 is 5.73. The van der Waals surface area contributed by atoms with Crippen LogP contribution in [0, 0.1) is 11.3 Å². The molecular formula is C19H24N4O3. The van der Waals surface area contributed by atoms with Crippen LogP contribution >= 0.6 is 0 Å². The molecule has 0 atom stereocenters. The third kappa shape index (κ3) is 6.55. The Labute approximate surface area is 153 Å². The van der Waals surface area contributed by atoms with Gasteiger partial charge in [0.15, 0.2) is 5.69 Å². The molecule has 7 nitrogen and oxygen atoms in total. The predicted octanol–water partition coefficient (Wildman–Crippen LogP) is 3.93. The predicted molar refractivity (Wildman–Crippen MR) is 96.6 cm³/mol. The van der Waals surface area contributed by atoms with Gasteiger partial charge in [-0.3, -0.25) is 4.79 Å². The van der Waals surface area contributed by atoms with E-state index >= 15 is 0 Å². The second-order valence-corrected chi connectivity index (χ2v) is 6.14. The van der Waals surface area contributed by atoms with Crippen LogP contribution in [0.5, 0.6) is 5.75 Å². The third-order valence-corrected chi connectivity index (χ3v) is 4.09. The maximum absolute atomic E-state index is 10.4. The maximum atomic E-state index is 10.4. The van der Waals surface area contributed by atoms with E-state index in [0.29, 0.717) is 18.0 Å². The fraction of sp³-hybridized carbons (Fsp3) is 0.474. The normalized spacial score (nSPS) is 10.4. The minimum Gasteiger partial charge on any atom is -0.494 e. The first kappa shape index (κ1) is 19.4. The Kier molecular flexibility index (Phi) is 8.13. The molecule has 1 aromatic carbocycles. The molecule has 138 valence electrons. The van der Waals surface area contributed by atoms with Crippen LogP contribution in [0.2, 0.25) is 0 Å². The van der Waals surface area contributed by atoms with E-state index in [1.165, 1.54) is 0 Å². The summed E-state index contributed by atoms with van der Waals surface area (Å²) in [4.78, 5) is 10.4. The summed E-state index contributed by atoms with van der Waals surface area (Å²) in [5.74, 6) is 0.0890. The second kappa shape index (κ2) is 10.9. The Bertz CT molecular complexity index is 719. The van der Waals surface area contributed by atoms with Gasteiger partial charge in [0, 0.05) is 12.0 Å². The standard InChI is InChI=1S/C19H24N4O3/c20-14-17-19(22-23-21-17)15-9-11-16(12-10-15)26-13-7-5-3-1-2-4-6-8-18(24)25/h9-12H,1-8,13H2,(H,24,25)(H,21,22,23). The molecule has 0 amide bonds. The van der Waals surface area contributed by atoms with Crippen molar-refractivity contribution in [3.63, 3.8) is 0 Å². The topological polar surface area (TPSA) is 112 Å². The van der Waals surface area contributed by atoms with Crippen molar-refractivity contribution in [3.8, 4) is 23.1 Å². The van der Waals surface area contributed by atoms with Crippen LogP contribution in [0.25, 0.3) is 11.3 Å². The molecule has 0 bridgehead atoms. The van der Waals surface area contributed by atoms with Gasteiger partial charge in [-0.2, -0.15) is 5.26 Å². The van der Waals surface area contributed by atoms with Crippen LogP contribution in [0.3, 0.4) is 0 Å². The summed E-state index contributed by atoms with van der Waals surface area (Å²) in [6, 6.07) is 9.50. The van der Waals surface area contributed by atoms with E-state index < -0.39 is 5.97 Å². The van der Waals surface area contributed by atoms with Crippen LogP contribution in [0.15, 0.2) is 24.3 Å². The molecule has 0 fully saturated rings. The number of H-pyrrole nitrogens is 1. The highest BCUT2D eigenvalue weighted by Crippen LogP contribution is 2.22. The molecule has 0 spiro atoms. The molecular weight excluding hydrogens is 332 g/mol. The Morgan fingerprint density at radius 3 is 2.38 bits per heavy atom. The molecule has 0 saturated heterocycles. The monoisotopic (exact) mass is 356 g/mol. The zero-order valence-electron chi connectivity index (χ0n) is 14.8. The maximum Gasteiger partial charge on any atom is 0.303 e. The van der Waals surface area contributed by atoms with Gasteiger partial charge in [-0.1, -0.05) is 37.3 Å². The lowest BCUT2D eigenvalue weighted by molar-refractivity contribution is -0.137. The molecule has 2 aromatic rings. The Morgan fingerprint density at radius 1 is 1.08 bits per heavy atom.